The van der Waals surface area contributed by atoms with Crippen LogP contribution in [0.1, 0.15) is 50.6 Å². The second-order valence-corrected chi connectivity index (χ2v) is 9.63. The summed E-state index contributed by atoms with van der Waals surface area (Å²) in [7, 11) is 0. The molecule has 5 heteroatoms. The molecular formula is C29H30N4O. The Morgan fingerprint density at radius 2 is 1.94 bits per heavy atom. The van der Waals surface area contributed by atoms with E-state index in [0.717, 1.165) is 53.0 Å². The predicted molar refractivity (Wildman–Crippen MR) is 134 cm³/mol. The Hall–Kier alpha value is -3.65. The summed E-state index contributed by atoms with van der Waals surface area (Å²) in [6.07, 6.45) is 7.11. The summed E-state index contributed by atoms with van der Waals surface area (Å²) in [5.74, 6) is 1.21. The molecule has 2 aromatic heterocycles. The second kappa shape index (κ2) is 9.69. The minimum Gasteiger partial charge on any atom is -0.297 e. The highest BCUT2D eigenvalue weighted by atomic mass is 16.1. The van der Waals surface area contributed by atoms with Crippen LogP contribution in [-0.2, 0) is 16.6 Å². The van der Waals surface area contributed by atoms with E-state index in [-0.39, 0.29) is 11.5 Å². The molecule has 0 unspecified atom stereocenters. The van der Waals surface area contributed by atoms with E-state index in [4.69, 9.17) is 9.97 Å². The van der Waals surface area contributed by atoms with Gasteiger partial charge in [0.2, 0.25) is 0 Å². The minimum absolute atomic E-state index is 0.141. The lowest BCUT2D eigenvalue weighted by atomic mass is 9.67. The number of rotatable bonds is 5. The molecule has 0 aliphatic heterocycles. The quantitative estimate of drug-likeness (QED) is 0.205. The van der Waals surface area contributed by atoms with Gasteiger partial charge in [-0.1, -0.05) is 57.2 Å². The molecule has 0 fully saturated rings. The number of carbonyl (C=O) groups excluding carboxylic acids is 1. The molecule has 5 nitrogen and oxygen atoms in total. The van der Waals surface area contributed by atoms with Gasteiger partial charge in [-0.15, -0.1) is 0 Å². The standard InChI is InChI=1S/C29H30N4O/c1-19(2)25-12-8-11-24-26(22-9-6-5-7-10-22)32-28(23-13-14-31-20(3)15-23)33-27(24)29(25,4)16-21(17-30)18-34/h5-7,9-10,13-16,18-19,25H,8,11-12H2,1-4H3/b21-16-/t25-,29-/m1/s1. The van der Waals surface area contributed by atoms with Crippen molar-refractivity contribution in [3.8, 4) is 28.7 Å². The van der Waals surface area contributed by atoms with Crippen molar-refractivity contribution in [1.82, 2.24) is 15.0 Å². The molecule has 2 atom stereocenters. The number of aryl methyl sites for hydroxylation is 1. The molecule has 0 spiro atoms. The van der Waals surface area contributed by atoms with E-state index in [1.807, 2.05) is 43.3 Å². The zero-order valence-corrected chi connectivity index (χ0v) is 20.2. The van der Waals surface area contributed by atoms with Crippen LogP contribution in [0.4, 0.5) is 0 Å². The Bertz CT molecular complexity index is 1270. The molecule has 1 aliphatic rings. The van der Waals surface area contributed by atoms with Gasteiger partial charge in [0.1, 0.15) is 6.07 Å². The number of aldehydes is 1. The van der Waals surface area contributed by atoms with Gasteiger partial charge in [0, 0.05) is 34.0 Å². The lowest BCUT2D eigenvalue weighted by Gasteiger charge is -2.37. The van der Waals surface area contributed by atoms with Crippen LogP contribution in [0.3, 0.4) is 0 Å². The number of pyridine rings is 1. The van der Waals surface area contributed by atoms with Gasteiger partial charge in [0.15, 0.2) is 12.1 Å². The molecule has 34 heavy (non-hydrogen) atoms. The molecule has 0 radical (unpaired) electrons. The van der Waals surface area contributed by atoms with Crippen molar-refractivity contribution in [3.63, 3.8) is 0 Å². The van der Waals surface area contributed by atoms with Crippen LogP contribution in [0, 0.1) is 30.1 Å². The van der Waals surface area contributed by atoms with E-state index in [0.29, 0.717) is 18.0 Å². The van der Waals surface area contributed by atoms with Crippen LogP contribution in [0.5, 0.6) is 0 Å². The fourth-order valence-electron chi connectivity index (χ4n) is 5.41. The van der Waals surface area contributed by atoms with Gasteiger partial charge < -0.3 is 0 Å². The zero-order valence-electron chi connectivity index (χ0n) is 20.2. The number of carbonyl (C=O) groups is 1. The third-order valence-corrected chi connectivity index (χ3v) is 6.95. The van der Waals surface area contributed by atoms with Gasteiger partial charge in [-0.3, -0.25) is 9.78 Å². The van der Waals surface area contributed by atoms with E-state index in [1.165, 1.54) is 0 Å². The lowest BCUT2D eigenvalue weighted by Crippen LogP contribution is -2.35. The number of nitriles is 1. The maximum absolute atomic E-state index is 11.7. The highest BCUT2D eigenvalue weighted by Gasteiger charge is 2.42. The van der Waals surface area contributed by atoms with Gasteiger partial charge in [0.05, 0.1) is 17.0 Å². The Morgan fingerprint density at radius 3 is 2.59 bits per heavy atom. The summed E-state index contributed by atoms with van der Waals surface area (Å²) in [6, 6.07) is 16.2. The first-order chi connectivity index (χ1) is 16.4. The van der Waals surface area contributed by atoms with E-state index in [9.17, 15) is 10.1 Å². The number of fused-ring (bicyclic) bond motifs is 1. The molecule has 1 aromatic carbocycles. The van der Waals surface area contributed by atoms with E-state index in [2.05, 4.69) is 44.0 Å². The maximum atomic E-state index is 11.7. The van der Waals surface area contributed by atoms with Crippen LogP contribution in [0.2, 0.25) is 0 Å². The van der Waals surface area contributed by atoms with Crippen molar-refractivity contribution < 1.29 is 4.79 Å². The third-order valence-electron chi connectivity index (χ3n) is 6.95. The van der Waals surface area contributed by atoms with Gasteiger partial charge in [-0.2, -0.15) is 5.26 Å². The molecule has 0 amide bonds. The van der Waals surface area contributed by atoms with Crippen LogP contribution in [-0.4, -0.2) is 21.2 Å². The summed E-state index contributed by atoms with van der Waals surface area (Å²) in [5, 5.41) is 9.62. The van der Waals surface area contributed by atoms with E-state index in [1.54, 1.807) is 6.20 Å². The Balaban J connectivity index is 2.09. The van der Waals surface area contributed by atoms with Crippen molar-refractivity contribution in [2.45, 2.75) is 52.4 Å². The highest BCUT2D eigenvalue weighted by Crippen LogP contribution is 2.46. The maximum Gasteiger partial charge on any atom is 0.160 e. The summed E-state index contributed by atoms with van der Waals surface area (Å²) in [6.45, 7) is 8.50. The van der Waals surface area contributed by atoms with Crippen molar-refractivity contribution in [1.29, 1.82) is 5.26 Å². The molecule has 4 rings (SSSR count). The lowest BCUT2D eigenvalue weighted by molar-refractivity contribution is -0.104. The topological polar surface area (TPSA) is 79.5 Å². The Kier molecular flexibility index (Phi) is 6.70. The minimum atomic E-state index is -0.588. The van der Waals surface area contributed by atoms with Crippen molar-refractivity contribution >= 4 is 6.29 Å². The number of hydrogen-bond acceptors (Lipinski definition) is 5. The fourth-order valence-corrected chi connectivity index (χ4v) is 5.41. The largest absolute Gasteiger partial charge is 0.297 e. The first-order valence-corrected chi connectivity index (χ1v) is 11.9. The Labute approximate surface area is 201 Å². The first-order valence-electron chi connectivity index (χ1n) is 11.9. The average Bonchev–Trinajstić information content (AvgIpc) is 2.99. The predicted octanol–water partition coefficient (Wildman–Crippen LogP) is 6.03. The molecule has 0 saturated carbocycles. The molecule has 1 aliphatic carbocycles. The van der Waals surface area contributed by atoms with Gasteiger partial charge in [0.25, 0.3) is 0 Å². The van der Waals surface area contributed by atoms with E-state index < -0.39 is 5.41 Å². The van der Waals surface area contributed by atoms with Crippen LogP contribution >= 0.6 is 0 Å². The van der Waals surface area contributed by atoms with Crippen molar-refractivity contribution in [2.75, 3.05) is 0 Å². The average molecular weight is 451 g/mol. The summed E-state index contributed by atoms with van der Waals surface area (Å²) in [4.78, 5) is 26.3. The SMILES string of the molecule is Cc1cc(-c2nc(-c3ccccc3)c3c(n2)[C@](C)(/C=C(/C#N)C=O)[C@@H](C(C)C)CCC3)ccn1. The molecule has 172 valence electrons. The molecule has 2 heterocycles. The van der Waals surface area contributed by atoms with Gasteiger partial charge >= 0.3 is 0 Å². The van der Waals surface area contributed by atoms with Crippen molar-refractivity contribution in [2.24, 2.45) is 11.8 Å². The highest BCUT2D eigenvalue weighted by molar-refractivity contribution is 5.79. The van der Waals surface area contributed by atoms with E-state index >= 15 is 0 Å². The third kappa shape index (κ3) is 4.41. The summed E-state index contributed by atoms with van der Waals surface area (Å²) >= 11 is 0. The molecular weight excluding hydrogens is 420 g/mol. The summed E-state index contributed by atoms with van der Waals surface area (Å²) in [5.41, 5.74) is 5.33. The molecule has 0 N–H and O–H groups in total. The van der Waals surface area contributed by atoms with Crippen molar-refractivity contribution in [3.05, 3.63) is 77.3 Å². The first kappa shape index (κ1) is 23.5. The van der Waals surface area contributed by atoms with Gasteiger partial charge in [-0.05, 0) is 50.2 Å². The zero-order chi connectivity index (χ0) is 24.3. The number of nitrogens with zero attached hydrogens (tertiary/aromatic N) is 4. The number of hydrogen-bond donors (Lipinski definition) is 0. The molecule has 0 saturated heterocycles. The normalized spacial score (nSPS) is 20.4. The van der Waals surface area contributed by atoms with Crippen LogP contribution in [0.15, 0.2) is 60.3 Å². The van der Waals surface area contributed by atoms with Crippen LogP contribution < -0.4 is 0 Å². The smallest absolute Gasteiger partial charge is 0.160 e. The second-order valence-electron chi connectivity index (χ2n) is 9.63. The molecule has 0 bridgehead atoms. The fraction of sp³-hybridized carbons (Fsp3) is 0.345. The monoisotopic (exact) mass is 450 g/mol. The number of aromatic nitrogens is 3. The van der Waals surface area contributed by atoms with Gasteiger partial charge in [-0.25, -0.2) is 9.97 Å². The van der Waals surface area contributed by atoms with Crippen LogP contribution in [0.25, 0.3) is 22.6 Å². The summed E-state index contributed by atoms with van der Waals surface area (Å²) < 4.78 is 0. The molecule has 3 aromatic rings. The number of benzene rings is 1. The Morgan fingerprint density at radius 1 is 1.18 bits per heavy atom. The number of allylic oxidation sites excluding steroid dienone is 2.